The highest BCUT2D eigenvalue weighted by molar-refractivity contribution is 7.89. The molecule has 1 saturated carbocycles. The van der Waals surface area contributed by atoms with Crippen LogP contribution in [0.2, 0.25) is 0 Å². The number of rotatable bonds is 7. The molecule has 6 nitrogen and oxygen atoms in total. The van der Waals surface area contributed by atoms with Crippen molar-refractivity contribution in [3.8, 4) is 0 Å². The van der Waals surface area contributed by atoms with Gasteiger partial charge in [-0.15, -0.1) is 0 Å². The second-order valence-electron chi connectivity index (χ2n) is 10.5. The van der Waals surface area contributed by atoms with E-state index < -0.39 is 10.0 Å². The molecule has 1 heterocycles. The number of carbonyl (C=O) groups is 1. The van der Waals surface area contributed by atoms with Gasteiger partial charge in [0.15, 0.2) is 0 Å². The van der Waals surface area contributed by atoms with E-state index in [9.17, 15) is 13.2 Å². The molecule has 0 aromatic heterocycles. The Kier molecular flexibility index (Phi) is 6.51. The number of hydrogen-bond acceptors (Lipinski definition) is 4. The van der Waals surface area contributed by atoms with Crippen LogP contribution >= 0.6 is 0 Å². The Morgan fingerprint density at radius 1 is 0.892 bits per heavy atom. The first-order valence-corrected chi connectivity index (χ1v) is 14.8. The third-order valence-electron chi connectivity index (χ3n) is 7.99. The van der Waals surface area contributed by atoms with E-state index in [4.69, 9.17) is 0 Å². The Balaban J connectivity index is 1.26. The average molecular weight is 516 g/mol. The number of hydrogen-bond donors (Lipinski definition) is 2. The number of nitrogens with zero attached hydrogens (tertiary/aromatic N) is 1. The van der Waals surface area contributed by atoms with E-state index in [1.807, 2.05) is 48.5 Å². The maximum absolute atomic E-state index is 13.9. The normalized spacial score (nSPS) is 22.9. The number of anilines is 2. The molecule has 3 aromatic carbocycles. The van der Waals surface area contributed by atoms with Crippen molar-refractivity contribution in [2.75, 3.05) is 23.3 Å². The Morgan fingerprint density at radius 2 is 1.65 bits per heavy atom. The van der Waals surface area contributed by atoms with Crippen molar-refractivity contribution in [1.82, 2.24) is 4.72 Å². The second-order valence-corrected chi connectivity index (χ2v) is 12.2. The molecular weight excluding hydrogens is 482 g/mol. The third kappa shape index (κ3) is 5.03. The molecule has 1 amide bonds. The van der Waals surface area contributed by atoms with E-state index >= 15 is 0 Å². The molecular formula is C30H33N3O3S. The van der Waals surface area contributed by atoms with E-state index in [0.717, 1.165) is 57.2 Å². The van der Waals surface area contributed by atoms with Crippen LogP contribution in [0.25, 0.3) is 0 Å². The first-order chi connectivity index (χ1) is 18.0. The molecule has 2 aliphatic carbocycles. The summed E-state index contributed by atoms with van der Waals surface area (Å²) in [6, 6.07) is 23.2. The summed E-state index contributed by atoms with van der Waals surface area (Å²) in [5.74, 6) is 0.0826. The standard InChI is InChI=1S/C30H33N3O3S/c34-30(26-20-25(26)22-9-2-1-3-10-22)31-23-15-16-28(33-17-6-7-18-33)29(19-23)37(35,36)32-27-14-8-12-21-11-4-5-13-24(21)27/h1-5,9-11,13,15-16,19,25-27,32H,6-8,12,14,17-18,20H2,(H,31,34)/t25-,26-,27-/m0/s1. The molecule has 2 fully saturated rings. The van der Waals surface area contributed by atoms with Crippen LogP contribution < -0.4 is 14.9 Å². The minimum Gasteiger partial charge on any atom is -0.370 e. The molecule has 6 rings (SSSR count). The van der Waals surface area contributed by atoms with Crippen molar-refractivity contribution in [2.45, 2.75) is 55.4 Å². The van der Waals surface area contributed by atoms with Gasteiger partial charge < -0.3 is 10.2 Å². The largest absolute Gasteiger partial charge is 0.370 e. The smallest absolute Gasteiger partial charge is 0.243 e. The third-order valence-corrected chi connectivity index (χ3v) is 9.49. The predicted molar refractivity (Wildman–Crippen MR) is 146 cm³/mol. The quantitative estimate of drug-likeness (QED) is 0.443. The molecule has 0 radical (unpaired) electrons. The lowest BCUT2D eigenvalue weighted by atomic mass is 9.88. The van der Waals surface area contributed by atoms with Gasteiger partial charge in [0, 0.05) is 30.7 Å². The predicted octanol–water partition coefficient (Wildman–Crippen LogP) is 5.38. The summed E-state index contributed by atoms with van der Waals surface area (Å²) in [4.78, 5) is 15.4. The SMILES string of the molecule is O=C(Nc1ccc(N2CCCC2)c(S(=O)(=O)N[C@H]2CCCc3ccccc32)c1)[C@H]1C[C@H]1c1ccccc1. The Labute approximate surface area is 219 Å². The summed E-state index contributed by atoms with van der Waals surface area (Å²) in [6.07, 6.45) is 5.60. The zero-order valence-electron chi connectivity index (χ0n) is 20.9. The van der Waals surface area contributed by atoms with Crippen LogP contribution in [0.15, 0.2) is 77.7 Å². The Hall–Kier alpha value is -3.16. The van der Waals surface area contributed by atoms with Gasteiger partial charge in [-0.25, -0.2) is 13.1 Å². The summed E-state index contributed by atoms with van der Waals surface area (Å²) >= 11 is 0. The van der Waals surface area contributed by atoms with E-state index in [-0.39, 0.29) is 28.7 Å². The Bertz CT molecular complexity index is 1400. The second kappa shape index (κ2) is 9.95. The molecule has 1 saturated heterocycles. The van der Waals surface area contributed by atoms with Crippen LogP contribution in [0.1, 0.15) is 60.8 Å². The summed E-state index contributed by atoms with van der Waals surface area (Å²) in [7, 11) is -3.83. The lowest BCUT2D eigenvalue weighted by Gasteiger charge is -2.28. The molecule has 0 unspecified atom stereocenters. The van der Waals surface area contributed by atoms with E-state index in [1.165, 1.54) is 11.1 Å². The van der Waals surface area contributed by atoms with Gasteiger partial charge in [-0.2, -0.15) is 0 Å². The summed E-state index contributed by atoms with van der Waals surface area (Å²) < 4.78 is 30.7. The van der Waals surface area contributed by atoms with Crippen LogP contribution in [-0.2, 0) is 21.2 Å². The lowest BCUT2D eigenvalue weighted by molar-refractivity contribution is -0.117. The number of aryl methyl sites for hydroxylation is 1. The van der Waals surface area contributed by atoms with Crippen LogP contribution in [0.3, 0.4) is 0 Å². The van der Waals surface area contributed by atoms with Crippen molar-refractivity contribution in [3.05, 3.63) is 89.5 Å². The zero-order chi connectivity index (χ0) is 25.4. The molecule has 37 heavy (non-hydrogen) atoms. The van der Waals surface area contributed by atoms with E-state index in [0.29, 0.717) is 11.4 Å². The van der Waals surface area contributed by atoms with Gasteiger partial charge in [0.2, 0.25) is 15.9 Å². The van der Waals surface area contributed by atoms with Gasteiger partial charge >= 0.3 is 0 Å². The fourth-order valence-corrected chi connectivity index (χ4v) is 7.44. The molecule has 2 N–H and O–H groups in total. The van der Waals surface area contributed by atoms with Gasteiger partial charge in [-0.3, -0.25) is 4.79 Å². The molecule has 192 valence electrons. The maximum Gasteiger partial charge on any atom is 0.243 e. The van der Waals surface area contributed by atoms with Gasteiger partial charge in [0.1, 0.15) is 4.90 Å². The van der Waals surface area contributed by atoms with Gasteiger partial charge in [0.05, 0.1) is 5.69 Å². The maximum atomic E-state index is 13.9. The first-order valence-electron chi connectivity index (χ1n) is 13.3. The average Bonchev–Trinajstić information content (AvgIpc) is 3.54. The number of sulfonamides is 1. The molecule has 3 atom stereocenters. The minimum atomic E-state index is -3.83. The molecule has 3 aromatic rings. The van der Waals surface area contributed by atoms with E-state index in [2.05, 4.69) is 33.1 Å². The summed E-state index contributed by atoms with van der Waals surface area (Å²) in [5, 5.41) is 3.00. The van der Waals surface area contributed by atoms with Crippen LogP contribution in [-0.4, -0.2) is 27.4 Å². The lowest BCUT2D eigenvalue weighted by Crippen LogP contribution is -2.32. The van der Waals surface area contributed by atoms with Crippen LogP contribution in [0, 0.1) is 5.92 Å². The Morgan fingerprint density at radius 3 is 2.46 bits per heavy atom. The van der Waals surface area contributed by atoms with Crippen molar-refractivity contribution < 1.29 is 13.2 Å². The molecule has 1 aliphatic heterocycles. The van der Waals surface area contributed by atoms with E-state index in [1.54, 1.807) is 6.07 Å². The number of nitrogens with one attached hydrogen (secondary N) is 2. The van der Waals surface area contributed by atoms with Crippen LogP contribution in [0.5, 0.6) is 0 Å². The van der Waals surface area contributed by atoms with Gasteiger partial charge in [-0.05, 0) is 79.3 Å². The van der Waals surface area contributed by atoms with Gasteiger partial charge in [-0.1, -0.05) is 54.6 Å². The zero-order valence-corrected chi connectivity index (χ0v) is 21.7. The van der Waals surface area contributed by atoms with Gasteiger partial charge in [0.25, 0.3) is 0 Å². The summed E-state index contributed by atoms with van der Waals surface area (Å²) in [5.41, 5.74) is 4.67. The number of fused-ring (bicyclic) bond motifs is 1. The molecule has 7 heteroatoms. The molecule has 3 aliphatic rings. The molecule has 0 spiro atoms. The van der Waals surface area contributed by atoms with Crippen LogP contribution in [0.4, 0.5) is 11.4 Å². The highest BCUT2D eigenvalue weighted by atomic mass is 32.2. The van der Waals surface area contributed by atoms with Crippen molar-refractivity contribution in [2.24, 2.45) is 5.92 Å². The fourth-order valence-electron chi connectivity index (χ4n) is 5.94. The summed E-state index contributed by atoms with van der Waals surface area (Å²) in [6.45, 7) is 1.67. The van der Waals surface area contributed by atoms with Crippen molar-refractivity contribution in [1.29, 1.82) is 0 Å². The van der Waals surface area contributed by atoms with Crippen molar-refractivity contribution in [3.63, 3.8) is 0 Å². The number of carbonyl (C=O) groups excluding carboxylic acids is 1. The highest BCUT2D eigenvalue weighted by Crippen LogP contribution is 2.48. The number of benzene rings is 3. The molecule has 0 bridgehead atoms. The minimum absolute atomic E-state index is 0.0553. The topological polar surface area (TPSA) is 78.5 Å². The highest BCUT2D eigenvalue weighted by Gasteiger charge is 2.44. The first kappa shape index (κ1) is 24.2. The fraction of sp³-hybridized carbons (Fsp3) is 0.367. The van der Waals surface area contributed by atoms with Crippen molar-refractivity contribution >= 4 is 27.3 Å². The number of amides is 1. The monoisotopic (exact) mass is 515 g/mol.